The normalized spacial score (nSPS) is 28.7. The first-order valence-electron chi connectivity index (χ1n) is 13.7. The molecule has 0 bridgehead atoms. The second-order valence-electron chi connectivity index (χ2n) is 10.7. The number of hydrogen-bond donors (Lipinski definition) is 1. The Hall–Kier alpha value is -2.90. The van der Waals surface area contributed by atoms with Gasteiger partial charge >= 0.3 is 25.8 Å². The number of rotatable bonds is 14. The van der Waals surface area contributed by atoms with E-state index in [1.54, 1.807) is 27.7 Å². The fraction of sp³-hybridized carbons (Fsp3) is 0.760. The number of alkyl halides is 1. The minimum atomic E-state index is -4.96. The van der Waals surface area contributed by atoms with E-state index in [4.69, 9.17) is 51.5 Å². The van der Waals surface area contributed by atoms with Gasteiger partial charge in [0, 0.05) is 19.4 Å². The van der Waals surface area contributed by atoms with Gasteiger partial charge in [-0.15, -0.1) is 0 Å². The number of nitrogens with one attached hydrogen (secondary N) is 1. The molecule has 0 aliphatic carbocycles. The molecule has 3 rings (SSSR count). The summed E-state index contributed by atoms with van der Waals surface area (Å²) in [4.78, 5) is 50.4. The van der Waals surface area contributed by atoms with Crippen molar-refractivity contribution >= 4 is 20.1 Å². The van der Waals surface area contributed by atoms with Crippen LogP contribution in [0.1, 0.15) is 54.7 Å². The Kier molecular flexibility index (Phi) is 11.9. The van der Waals surface area contributed by atoms with E-state index in [2.05, 4.69) is 4.98 Å². The summed E-state index contributed by atoms with van der Waals surface area (Å²) in [6.45, 7) is 6.30. The molecule has 2 aliphatic heterocycles. The maximum Gasteiger partial charge on any atom is 0.510 e. The summed E-state index contributed by atoms with van der Waals surface area (Å²) >= 11 is 0. The van der Waals surface area contributed by atoms with E-state index in [9.17, 15) is 23.7 Å². The van der Waals surface area contributed by atoms with Crippen LogP contribution in [0.5, 0.6) is 0 Å². The Balaban J connectivity index is 1.92. The third-order valence-corrected chi connectivity index (χ3v) is 7.72. The average molecular weight is 673 g/mol. The van der Waals surface area contributed by atoms with Crippen molar-refractivity contribution in [2.45, 2.75) is 103 Å². The first-order valence-corrected chi connectivity index (χ1v) is 15.2. The lowest BCUT2D eigenvalue weighted by Gasteiger charge is -2.32. The maximum atomic E-state index is 15.1. The Morgan fingerprint density at radius 2 is 1.56 bits per heavy atom. The maximum absolute atomic E-state index is 15.1. The van der Waals surface area contributed by atoms with Crippen LogP contribution in [0, 0.1) is 0 Å². The second kappa shape index (κ2) is 14.7. The second-order valence-corrected chi connectivity index (χ2v) is 12.2. The average Bonchev–Trinajstić information content (AvgIpc) is 3.36. The zero-order valence-electron chi connectivity index (χ0n) is 25.9. The number of hydrogen-bond acceptors (Lipinski definition) is 16. The molecule has 2 saturated heterocycles. The fourth-order valence-electron chi connectivity index (χ4n) is 4.47. The Morgan fingerprint density at radius 3 is 2.02 bits per heavy atom. The van der Waals surface area contributed by atoms with E-state index in [-0.39, 0.29) is 0 Å². The number of H-pyrrole nitrogens is 1. The first-order chi connectivity index (χ1) is 21.0. The lowest BCUT2D eigenvalue weighted by molar-refractivity contribution is -0.282. The molecule has 0 amide bonds. The molecule has 1 aromatic heterocycles. The monoisotopic (exact) mass is 672 g/mol. The molecule has 1 aromatic rings. The quantitative estimate of drug-likeness (QED) is 0.171. The SMILES string of the molecule is COC1O[C@@H]2[C@@](CF)(COP(=O)(OC(C)OC(=O)OC(C)C)OC(C)OC(=O)OC(C)C)O[C@@H](n3ccc(=O)[nH]c3=O)[C@]2(C)O1. The molecule has 0 spiro atoms. The van der Waals surface area contributed by atoms with Gasteiger partial charge in [-0.1, -0.05) is 0 Å². The number of nitrogens with zero attached hydrogens (tertiary/aromatic N) is 1. The van der Waals surface area contributed by atoms with Crippen molar-refractivity contribution < 1.29 is 70.0 Å². The van der Waals surface area contributed by atoms with Gasteiger partial charge in [-0.2, -0.15) is 0 Å². The summed E-state index contributed by atoms with van der Waals surface area (Å²) in [5.74, 6) is 0. The minimum absolute atomic E-state index is 0.560. The summed E-state index contributed by atoms with van der Waals surface area (Å²) in [7, 11) is -3.72. The highest BCUT2D eigenvalue weighted by molar-refractivity contribution is 7.48. The molecule has 3 unspecified atom stereocenters. The van der Waals surface area contributed by atoms with Gasteiger partial charge in [0.05, 0.1) is 18.8 Å². The Bertz CT molecular complexity index is 1320. The largest absolute Gasteiger partial charge is 0.510 e. The van der Waals surface area contributed by atoms with Gasteiger partial charge in [-0.05, 0) is 48.5 Å². The van der Waals surface area contributed by atoms with Crippen LogP contribution in [0.2, 0.25) is 0 Å². The van der Waals surface area contributed by atoms with Crippen molar-refractivity contribution in [1.82, 2.24) is 9.55 Å². The van der Waals surface area contributed by atoms with Crippen molar-refractivity contribution in [2.24, 2.45) is 0 Å². The highest BCUT2D eigenvalue weighted by atomic mass is 31.2. The highest BCUT2D eigenvalue weighted by Gasteiger charge is 2.70. The number of methoxy groups -OCH3 is 1. The predicted octanol–water partition coefficient (Wildman–Crippen LogP) is 2.85. The van der Waals surface area contributed by atoms with Crippen LogP contribution >= 0.6 is 7.82 Å². The van der Waals surface area contributed by atoms with Crippen LogP contribution in [-0.2, 0) is 56.0 Å². The summed E-state index contributed by atoms with van der Waals surface area (Å²) in [5.41, 5.74) is -5.43. The zero-order valence-corrected chi connectivity index (χ0v) is 26.8. The fourth-order valence-corrected chi connectivity index (χ4v) is 5.83. The van der Waals surface area contributed by atoms with Gasteiger partial charge < -0.3 is 37.9 Å². The van der Waals surface area contributed by atoms with E-state index in [0.717, 1.165) is 30.7 Å². The molecule has 2 aliphatic rings. The van der Waals surface area contributed by atoms with Crippen molar-refractivity contribution in [2.75, 3.05) is 20.4 Å². The molecule has 0 radical (unpaired) electrons. The number of ether oxygens (including phenoxy) is 8. The molecular weight excluding hydrogens is 634 g/mol. The molecule has 0 saturated carbocycles. The standard InChI is InChI=1S/C25H38FN2O16P/c1-13(2)36-21(31)38-15(5)43-45(33,44-16(6)39-22(32)37-14(3)4)35-12-25(11-26)18-24(7,42-23(34-8)40-18)19(41-25)28-10-9-17(29)27-20(28)30/h9-10,13-16,18-19,23H,11-12H2,1-8H3,(H,27,29,30)/t15?,16?,18-,19+,23?,24+,25+,45?/m0/s1. The summed E-state index contributed by atoms with van der Waals surface area (Å²) < 4.78 is 88.2. The lowest BCUT2D eigenvalue weighted by atomic mass is 9.88. The van der Waals surface area contributed by atoms with Gasteiger partial charge in [0.2, 0.25) is 12.6 Å². The molecule has 18 nitrogen and oxygen atoms in total. The minimum Gasteiger partial charge on any atom is -0.432 e. The van der Waals surface area contributed by atoms with Crippen molar-refractivity contribution in [3.8, 4) is 0 Å². The van der Waals surface area contributed by atoms with Crippen LogP contribution in [0.4, 0.5) is 14.0 Å². The summed E-state index contributed by atoms with van der Waals surface area (Å²) in [5, 5.41) is 0. The van der Waals surface area contributed by atoms with E-state index < -0.39 is 99.5 Å². The smallest absolute Gasteiger partial charge is 0.432 e. The van der Waals surface area contributed by atoms with Crippen molar-refractivity contribution in [3.63, 3.8) is 0 Å². The Morgan fingerprint density at radius 1 is 1.00 bits per heavy atom. The number of aromatic nitrogens is 2. The predicted molar refractivity (Wildman–Crippen MR) is 145 cm³/mol. The number of aromatic amines is 1. The van der Waals surface area contributed by atoms with Crippen LogP contribution in [-0.4, -0.2) is 90.8 Å². The highest BCUT2D eigenvalue weighted by Crippen LogP contribution is 2.57. The van der Waals surface area contributed by atoms with Crippen LogP contribution < -0.4 is 11.2 Å². The number of carbonyl (C=O) groups excluding carboxylic acids is 2. The molecule has 3 heterocycles. The van der Waals surface area contributed by atoms with Gasteiger partial charge in [0.15, 0.2) is 11.8 Å². The van der Waals surface area contributed by atoms with E-state index in [0.29, 0.717) is 0 Å². The summed E-state index contributed by atoms with van der Waals surface area (Å²) in [6.07, 6.45) is -8.47. The number of halogens is 1. The Labute approximate surface area is 256 Å². The molecular formula is C25H38FN2O16P. The van der Waals surface area contributed by atoms with Gasteiger partial charge in [-0.25, -0.2) is 32.4 Å². The zero-order chi connectivity index (χ0) is 33.7. The number of phosphoric ester groups is 1. The van der Waals surface area contributed by atoms with Crippen molar-refractivity contribution in [3.05, 3.63) is 33.1 Å². The number of phosphoric acid groups is 1. The molecule has 256 valence electrons. The van der Waals surface area contributed by atoms with Crippen molar-refractivity contribution in [1.29, 1.82) is 0 Å². The lowest BCUT2D eigenvalue weighted by Crippen LogP contribution is -2.51. The van der Waals surface area contributed by atoms with E-state index in [1.807, 2.05) is 0 Å². The van der Waals surface area contributed by atoms with E-state index in [1.165, 1.54) is 14.0 Å². The molecule has 1 N–H and O–H groups in total. The third-order valence-electron chi connectivity index (χ3n) is 6.17. The number of carbonyl (C=O) groups is 2. The van der Waals surface area contributed by atoms with Crippen LogP contribution in [0.3, 0.4) is 0 Å². The van der Waals surface area contributed by atoms with Crippen LogP contribution in [0.15, 0.2) is 21.9 Å². The first kappa shape index (κ1) is 36.6. The van der Waals surface area contributed by atoms with Gasteiger partial charge in [-0.3, -0.25) is 18.9 Å². The molecule has 45 heavy (non-hydrogen) atoms. The molecule has 7 atom stereocenters. The van der Waals surface area contributed by atoms with E-state index >= 15 is 4.39 Å². The molecule has 0 aromatic carbocycles. The molecule has 2 fully saturated rings. The summed E-state index contributed by atoms with van der Waals surface area (Å²) in [6, 6.07) is 1.03. The van der Waals surface area contributed by atoms with Gasteiger partial charge in [0.25, 0.3) is 12.0 Å². The third kappa shape index (κ3) is 8.88. The van der Waals surface area contributed by atoms with Crippen LogP contribution in [0.25, 0.3) is 0 Å². The topological polar surface area (TPSA) is 208 Å². The molecule has 20 heteroatoms. The number of fused-ring (bicyclic) bond motifs is 1. The van der Waals surface area contributed by atoms with Gasteiger partial charge in [0.1, 0.15) is 18.4 Å².